The largest absolute Gasteiger partial charge is 0.368 e. The molecule has 2 saturated heterocycles. The van der Waals surface area contributed by atoms with E-state index in [9.17, 15) is 9.59 Å². The average Bonchev–Trinajstić information content (AvgIpc) is 3.09. The van der Waals surface area contributed by atoms with Crippen LogP contribution < -0.4 is 9.80 Å². The molecule has 0 spiro atoms. The zero-order chi connectivity index (χ0) is 19.7. The zero-order valence-corrected chi connectivity index (χ0v) is 16.6. The molecule has 0 saturated carbocycles. The van der Waals surface area contributed by atoms with Crippen LogP contribution in [0, 0.1) is 19.8 Å². The molecular weight excluding hydrogens is 350 g/mol. The molecule has 2 aromatic rings. The van der Waals surface area contributed by atoms with Gasteiger partial charge in [0.1, 0.15) is 0 Å². The summed E-state index contributed by atoms with van der Waals surface area (Å²) in [4.78, 5) is 31.8. The number of hydrogen-bond acceptors (Lipinski definition) is 3. The van der Waals surface area contributed by atoms with Crippen LogP contribution in [0.5, 0.6) is 0 Å². The first-order valence-corrected chi connectivity index (χ1v) is 10.00. The van der Waals surface area contributed by atoms with Crippen molar-refractivity contribution in [1.29, 1.82) is 0 Å². The molecule has 2 aliphatic heterocycles. The topological polar surface area (TPSA) is 43.9 Å². The fraction of sp³-hybridized carbons (Fsp3) is 0.391. The molecule has 0 aliphatic carbocycles. The number of para-hydroxylation sites is 2. The van der Waals surface area contributed by atoms with E-state index in [1.807, 2.05) is 60.0 Å². The summed E-state index contributed by atoms with van der Waals surface area (Å²) >= 11 is 0. The molecule has 0 bridgehead atoms. The number of piperazine rings is 1. The van der Waals surface area contributed by atoms with Crippen molar-refractivity contribution >= 4 is 23.2 Å². The Bertz CT molecular complexity index is 852. The molecule has 28 heavy (non-hydrogen) atoms. The van der Waals surface area contributed by atoms with Gasteiger partial charge in [-0.1, -0.05) is 36.4 Å². The summed E-state index contributed by atoms with van der Waals surface area (Å²) in [5.41, 5.74) is 4.33. The van der Waals surface area contributed by atoms with Gasteiger partial charge in [-0.3, -0.25) is 9.59 Å². The van der Waals surface area contributed by atoms with E-state index < -0.39 is 0 Å². The number of carbonyl (C=O) groups excluding carboxylic acids is 2. The highest BCUT2D eigenvalue weighted by Gasteiger charge is 2.38. The lowest BCUT2D eigenvalue weighted by molar-refractivity contribution is -0.136. The zero-order valence-electron chi connectivity index (χ0n) is 16.6. The fourth-order valence-corrected chi connectivity index (χ4v) is 4.40. The molecule has 146 valence electrons. The highest BCUT2D eigenvalue weighted by Crippen LogP contribution is 2.31. The Morgan fingerprint density at radius 2 is 1.54 bits per heavy atom. The van der Waals surface area contributed by atoms with Gasteiger partial charge >= 0.3 is 0 Å². The molecule has 2 aliphatic rings. The highest BCUT2D eigenvalue weighted by molar-refractivity contribution is 6.01. The molecular formula is C23H27N3O2. The van der Waals surface area contributed by atoms with Crippen molar-refractivity contribution in [2.45, 2.75) is 20.3 Å². The number of rotatable bonds is 3. The number of carbonyl (C=O) groups is 2. The lowest BCUT2D eigenvalue weighted by Crippen LogP contribution is -2.50. The molecule has 2 fully saturated rings. The van der Waals surface area contributed by atoms with Gasteiger partial charge < -0.3 is 14.7 Å². The minimum absolute atomic E-state index is 0.0543. The smallest absolute Gasteiger partial charge is 0.228 e. The second-order valence-electron chi connectivity index (χ2n) is 7.79. The van der Waals surface area contributed by atoms with Crippen molar-refractivity contribution < 1.29 is 9.59 Å². The fourth-order valence-electron chi connectivity index (χ4n) is 4.40. The summed E-state index contributed by atoms with van der Waals surface area (Å²) in [5.74, 6) is -0.0664. The van der Waals surface area contributed by atoms with Crippen molar-refractivity contribution in [2.24, 2.45) is 5.92 Å². The van der Waals surface area contributed by atoms with Crippen LogP contribution >= 0.6 is 0 Å². The van der Waals surface area contributed by atoms with Crippen LogP contribution in [0.4, 0.5) is 11.4 Å². The lowest BCUT2D eigenvalue weighted by atomic mass is 10.1. The van der Waals surface area contributed by atoms with Gasteiger partial charge in [0, 0.05) is 50.5 Å². The van der Waals surface area contributed by atoms with Gasteiger partial charge in [0.25, 0.3) is 0 Å². The number of hydrogen-bond donors (Lipinski definition) is 0. The summed E-state index contributed by atoms with van der Waals surface area (Å²) in [5, 5.41) is 0. The van der Waals surface area contributed by atoms with E-state index in [-0.39, 0.29) is 17.7 Å². The van der Waals surface area contributed by atoms with Crippen LogP contribution in [-0.4, -0.2) is 49.4 Å². The molecule has 2 heterocycles. The second-order valence-corrected chi connectivity index (χ2v) is 7.79. The van der Waals surface area contributed by atoms with Gasteiger partial charge in [0.2, 0.25) is 11.8 Å². The molecule has 2 amide bonds. The maximum absolute atomic E-state index is 13.1. The quantitative estimate of drug-likeness (QED) is 0.826. The highest BCUT2D eigenvalue weighted by atomic mass is 16.2. The maximum atomic E-state index is 13.1. The molecule has 1 unspecified atom stereocenters. The first-order valence-electron chi connectivity index (χ1n) is 10.00. The summed E-state index contributed by atoms with van der Waals surface area (Å²) in [6, 6.07) is 16.4. The van der Waals surface area contributed by atoms with Crippen LogP contribution in [0.15, 0.2) is 48.5 Å². The van der Waals surface area contributed by atoms with Crippen LogP contribution in [0.1, 0.15) is 17.5 Å². The van der Waals surface area contributed by atoms with Crippen LogP contribution in [0.3, 0.4) is 0 Å². The van der Waals surface area contributed by atoms with E-state index in [2.05, 4.69) is 17.0 Å². The van der Waals surface area contributed by atoms with Gasteiger partial charge in [-0.25, -0.2) is 0 Å². The van der Waals surface area contributed by atoms with Crippen molar-refractivity contribution in [3.05, 3.63) is 59.7 Å². The molecule has 2 aromatic carbocycles. The Labute approximate surface area is 166 Å². The molecule has 0 radical (unpaired) electrons. The molecule has 0 aromatic heterocycles. The van der Waals surface area contributed by atoms with Crippen molar-refractivity contribution in [1.82, 2.24) is 4.90 Å². The van der Waals surface area contributed by atoms with Crippen molar-refractivity contribution in [2.75, 3.05) is 42.5 Å². The Kier molecular flexibility index (Phi) is 5.07. The third-order valence-corrected chi connectivity index (χ3v) is 5.90. The number of nitrogens with zero attached hydrogens (tertiary/aromatic N) is 3. The molecule has 5 heteroatoms. The molecule has 5 nitrogen and oxygen atoms in total. The Balaban J connectivity index is 1.41. The monoisotopic (exact) mass is 377 g/mol. The Morgan fingerprint density at radius 1 is 0.893 bits per heavy atom. The predicted octanol–water partition coefficient (Wildman–Crippen LogP) is 3.01. The first kappa shape index (κ1) is 18.5. The van der Waals surface area contributed by atoms with E-state index in [0.717, 1.165) is 29.9 Å². The van der Waals surface area contributed by atoms with Crippen LogP contribution in [0.2, 0.25) is 0 Å². The van der Waals surface area contributed by atoms with Gasteiger partial charge in [-0.2, -0.15) is 0 Å². The van der Waals surface area contributed by atoms with E-state index in [1.54, 1.807) is 0 Å². The third-order valence-electron chi connectivity index (χ3n) is 5.90. The van der Waals surface area contributed by atoms with Crippen molar-refractivity contribution in [3.63, 3.8) is 0 Å². The molecule has 1 atom stereocenters. The van der Waals surface area contributed by atoms with E-state index in [1.165, 1.54) is 5.69 Å². The van der Waals surface area contributed by atoms with Gasteiger partial charge in [0.15, 0.2) is 0 Å². The van der Waals surface area contributed by atoms with E-state index in [4.69, 9.17) is 0 Å². The lowest BCUT2D eigenvalue weighted by Gasteiger charge is -2.37. The minimum atomic E-state index is -0.241. The standard InChI is InChI=1S/C23H27N3O2/c1-17-7-6-8-18(2)22(17)26-16-19(15-21(26)27)23(28)25-13-11-24(12-14-25)20-9-4-3-5-10-20/h3-10,19H,11-16H2,1-2H3. The van der Waals surface area contributed by atoms with Crippen molar-refractivity contribution in [3.8, 4) is 0 Å². The third kappa shape index (κ3) is 3.49. The van der Waals surface area contributed by atoms with E-state index in [0.29, 0.717) is 26.1 Å². The molecule has 4 rings (SSSR count). The number of anilines is 2. The Hall–Kier alpha value is -2.82. The Morgan fingerprint density at radius 3 is 2.18 bits per heavy atom. The van der Waals surface area contributed by atoms with E-state index >= 15 is 0 Å². The summed E-state index contributed by atoms with van der Waals surface area (Å²) in [6.07, 6.45) is 0.311. The van der Waals surface area contributed by atoms with Gasteiger partial charge in [0.05, 0.1) is 5.92 Å². The number of amides is 2. The average molecular weight is 377 g/mol. The summed E-state index contributed by atoms with van der Waals surface area (Å²) in [7, 11) is 0. The first-order chi connectivity index (χ1) is 13.5. The normalized spacial score (nSPS) is 20.0. The number of aryl methyl sites for hydroxylation is 2. The van der Waals surface area contributed by atoms with Gasteiger partial charge in [-0.05, 0) is 37.1 Å². The van der Waals surface area contributed by atoms with Crippen LogP contribution in [-0.2, 0) is 9.59 Å². The number of benzene rings is 2. The predicted molar refractivity (Wildman–Crippen MR) is 112 cm³/mol. The SMILES string of the molecule is Cc1cccc(C)c1N1CC(C(=O)N2CCN(c3ccccc3)CC2)CC1=O. The summed E-state index contributed by atoms with van der Waals surface area (Å²) in [6.45, 7) is 7.61. The van der Waals surface area contributed by atoms with Crippen LogP contribution in [0.25, 0.3) is 0 Å². The maximum Gasteiger partial charge on any atom is 0.228 e. The van der Waals surface area contributed by atoms with Gasteiger partial charge in [-0.15, -0.1) is 0 Å². The second kappa shape index (κ2) is 7.66. The molecule has 0 N–H and O–H groups in total. The summed E-state index contributed by atoms with van der Waals surface area (Å²) < 4.78 is 0. The minimum Gasteiger partial charge on any atom is -0.368 e.